The molecular formula is C20H20N2O5. The van der Waals surface area contributed by atoms with E-state index < -0.39 is 0 Å². The van der Waals surface area contributed by atoms with Gasteiger partial charge in [0.2, 0.25) is 17.5 Å². The summed E-state index contributed by atoms with van der Waals surface area (Å²) in [6, 6.07) is 11.0. The molecule has 3 aromatic rings. The third kappa shape index (κ3) is 4.20. The van der Waals surface area contributed by atoms with Crippen LogP contribution in [0.5, 0.6) is 17.2 Å². The predicted octanol–water partition coefficient (Wildman–Crippen LogP) is 3.18. The standard InChI is InChI=1S/C20H20N2O5/c1-24-16-10-13(11-17(25-2)20(16)26-3)12-21-18(23)8-9-19-22-14-6-4-5-7-15(14)27-19/h4-11H,12H2,1-3H3,(H,21,23)/b9-8+. The first-order valence-corrected chi connectivity index (χ1v) is 8.25. The number of para-hydroxylation sites is 2. The molecule has 0 atom stereocenters. The Labute approximate surface area is 156 Å². The lowest BCUT2D eigenvalue weighted by Gasteiger charge is -2.14. The van der Waals surface area contributed by atoms with E-state index in [9.17, 15) is 4.79 Å². The van der Waals surface area contributed by atoms with Gasteiger partial charge in [0.15, 0.2) is 17.1 Å². The van der Waals surface area contributed by atoms with Crippen molar-refractivity contribution in [3.63, 3.8) is 0 Å². The van der Waals surface area contributed by atoms with Crippen molar-refractivity contribution in [2.45, 2.75) is 6.54 Å². The summed E-state index contributed by atoms with van der Waals surface area (Å²) in [5.74, 6) is 1.67. The SMILES string of the molecule is COc1cc(CNC(=O)/C=C/c2nc3ccccc3o2)cc(OC)c1OC. The minimum Gasteiger partial charge on any atom is -0.493 e. The van der Waals surface area contributed by atoms with Crippen LogP contribution >= 0.6 is 0 Å². The number of hydrogen-bond acceptors (Lipinski definition) is 6. The van der Waals surface area contributed by atoms with Gasteiger partial charge in [-0.2, -0.15) is 0 Å². The number of ether oxygens (including phenoxy) is 3. The van der Waals surface area contributed by atoms with Crippen LogP contribution < -0.4 is 19.5 Å². The number of benzene rings is 2. The number of aromatic nitrogens is 1. The van der Waals surface area contributed by atoms with Gasteiger partial charge in [-0.25, -0.2) is 4.98 Å². The number of nitrogens with zero attached hydrogens (tertiary/aromatic N) is 1. The number of oxazole rings is 1. The Kier molecular flexibility index (Phi) is 5.61. The zero-order valence-corrected chi connectivity index (χ0v) is 15.3. The van der Waals surface area contributed by atoms with Crippen molar-refractivity contribution in [1.29, 1.82) is 0 Å². The molecule has 0 saturated carbocycles. The van der Waals surface area contributed by atoms with Gasteiger partial charge in [-0.3, -0.25) is 4.79 Å². The molecule has 0 radical (unpaired) electrons. The first kappa shape index (κ1) is 18.3. The lowest BCUT2D eigenvalue weighted by atomic mass is 10.1. The Morgan fingerprint density at radius 2 is 1.81 bits per heavy atom. The maximum Gasteiger partial charge on any atom is 0.244 e. The van der Waals surface area contributed by atoms with Gasteiger partial charge in [0, 0.05) is 18.7 Å². The highest BCUT2D eigenvalue weighted by Crippen LogP contribution is 2.38. The molecule has 0 aliphatic heterocycles. The summed E-state index contributed by atoms with van der Waals surface area (Å²) in [4.78, 5) is 16.4. The molecular weight excluding hydrogens is 348 g/mol. The van der Waals surface area contributed by atoms with E-state index in [2.05, 4.69) is 10.3 Å². The van der Waals surface area contributed by atoms with Crippen LogP contribution in [0, 0.1) is 0 Å². The molecule has 0 unspecified atom stereocenters. The van der Waals surface area contributed by atoms with Crippen LogP contribution in [0.1, 0.15) is 11.5 Å². The smallest absolute Gasteiger partial charge is 0.244 e. The molecule has 0 aliphatic rings. The van der Waals surface area contributed by atoms with E-state index >= 15 is 0 Å². The first-order chi connectivity index (χ1) is 13.1. The van der Waals surface area contributed by atoms with Crippen LogP contribution in [-0.2, 0) is 11.3 Å². The van der Waals surface area contributed by atoms with Crippen LogP contribution in [0.25, 0.3) is 17.2 Å². The Morgan fingerprint density at radius 1 is 1.11 bits per heavy atom. The van der Waals surface area contributed by atoms with Gasteiger partial charge in [0.25, 0.3) is 0 Å². The molecule has 7 nitrogen and oxygen atoms in total. The maximum absolute atomic E-state index is 12.1. The monoisotopic (exact) mass is 368 g/mol. The van der Waals surface area contributed by atoms with Crippen LogP contribution in [0.2, 0.25) is 0 Å². The maximum atomic E-state index is 12.1. The van der Waals surface area contributed by atoms with Gasteiger partial charge >= 0.3 is 0 Å². The van der Waals surface area contributed by atoms with E-state index in [1.54, 1.807) is 33.5 Å². The molecule has 1 N–H and O–H groups in total. The fourth-order valence-corrected chi connectivity index (χ4v) is 2.59. The molecule has 3 rings (SSSR count). The Hall–Kier alpha value is -3.48. The topological polar surface area (TPSA) is 82.8 Å². The van der Waals surface area contributed by atoms with Crippen molar-refractivity contribution >= 4 is 23.1 Å². The highest BCUT2D eigenvalue weighted by molar-refractivity contribution is 5.91. The fraction of sp³-hybridized carbons (Fsp3) is 0.200. The molecule has 0 bridgehead atoms. The molecule has 0 fully saturated rings. The molecule has 1 heterocycles. The average molecular weight is 368 g/mol. The van der Waals surface area contributed by atoms with E-state index in [1.807, 2.05) is 24.3 Å². The van der Waals surface area contributed by atoms with Crippen molar-refractivity contribution in [3.8, 4) is 17.2 Å². The van der Waals surface area contributed by atoms with Crippen molar-refractivity contribution in [3.05, 3.63) is 53.9 Å². The number of methoxy groups -OCH3 is 3. The van der Waals surface area contributed by atoms with Gasteiger partial charge in [0.05, 0.1) is 21.3 Å². The third-order valence-corrected chi connectivity index (χ3v) is 3.88. The summed E-state index contributed by atoms with van der Waals surface area (Å²) in [5, 5.41) is 2.80. The van der Waals surface area contributed by atoms with Gasteiger partial charge in [0.1, 0.15) is 5.52 Å². The third-order valence-electron chi connectivity index (χ3n) is 3.88. The van der Waals surface area contributed by atoms with Crippen LogP contribution in [0.4, 0.5) is 0 Å². The lowest BCUT2D eigenvalue weighted by Crippen LogP contribution is -2.20. The van der Waals surface area contributed by atoms with Gasteiger partial charge in [-0.15, -0.1) is 0 Å². The molecule has 1 amide bonds. The summed E-state index contributed by atoms with van der Waals surface area (Å²) in [6.07, 6.45) is 2.91. The molecule has 140 valence electrons. The highest BCUT2D eigenvalue weighted by atomic mass is 16.5. The molecule has 7 heteroatoms. The largest absolute Gasteiger partial charge is 0.493 e. The molecule has 2 aromatic carbocycles. The second kappa shape index (κ2) is 8.27. The van der Waals surface area contributed by atoms with E-state index in [4.69, 9.17) is 18.6 Å². The second-order valence-corrected chi connectivity index (χ2v) is 5.60. The van der Waals surface area contributed by atoms with Gasteiger partial charge < -0.3 is 23.9 Å². The molecule has 0 spiro atoms. The normalized spacial score (nSPS) is 10.9. The summed E-state index contributed by atoms with van der Waals surface area (Å²) < 4.78 is 21.4. The number of carbonyl (C=O) groups is 1. The minimum absolute atomic E-state index is 0.272. The molecule has 27 heavy (non-hydrogen) atoms. The Morgan fingerprint density at radius 3 is 2.44 bits per heavy atom. The number of amides is 1. The number of fused-ring (bicyclic) bond motifs is 1. The summed E-state index contributed by atoms with van der Waals surface area (Å²) in [5.41, 5.74) is 2.23. The van der Waals surface area contributed by atoms with Crippen LogP contribution in [0.15, 0.2) is 46.9 Å². The second-order valence-electron chi connectivity index (χ2n) is 5.60. The zero-order chi connectivity index (χ0) is 19.2. The van der Waals surface area contributed by atoms with Crippen molar-refractivity contribution in [2.75, 3.05) is 21.3 Å². The molecule has 0 aliphatic carbocycles. The first-order valence-electron chi connectivity index (χ1n) is 8.25. The predicted molar refractivity (Wildman–Crippen MR) is 101 cm³/mol. The van der Waals surface area contributed by atoms with Crippen molar-refractivity contribution in [1.82, 2.24) is 10.3 Å². The number of nitrogens with one attached hydrogen (secondary N) is 1. The van der Waals surface area contributed by atoms with Crippen molar-refractivity contribution in [2.24, 2.45) is 0 Å². The Bertz CT molecular complexity index is 919. The Balaban J connectivity index is 1.66. The minimum atomic E-state index is -0.272. The van der Waals surface area contributed by atoms with Crippen LogP contribution in [-0.4, -0.2) is 32.2 Å². The molecule has 0 saturated heterocycles. The number of carbonyl (C=O) groups excluding carboxylic acids is 1. The lowest BCUT2D eigenvalue weighted by molar-refractivity contribution is -0.116. The fourth-order valence-electron chi connectivity index (χ4n) is 2.59. The highest BCUT2D eigenvalue weighted by Gasteiger charge is 2.13. The summed E-state index contributed by atoms with van der Waals surface area (Å²) in [6.45, 7) is 0.299. The van der Waals surface area contributed by atoms with Crippen molar-refractivity contribution < 1.29 is 23.4 Å². The van der Waals surface area contributed by atoms with Gasteiger partial charge in [-0.05, 0) is 29.8 Å². The zero-order valence-electron chi connectivity index (χ0n) is 15.3. The summed E-state index contributed by atoms with van der Waals surface area (Å²) in [7, 11) is 4.63. The number of rotatable bonds is 7. The van der Waals surface area contributed by atoms with E-state index in [0.717, 1.165) is 11.1 Å². The average Bonchev–Trinajstić information content (AvgIpc) is 3.12. The van der Waals surface area contributed by atoms with E-state index in [-0.39, 0.29) is 5.91 Å². The van der Waals surface area contributed by atoms with Gasteiger partial charge in [-0.1, -0.05) is 12.1 Å². The van der Waals surface area contributed by atoms with E-state index in [1.165, 1.54) is 12.2 Å². The number of hydrogen-bond donors (Lipinski definition) is 1. The van der Waals surface area contributed by atoms with E-state index in [0.29, 0.717) is 35.3 Å². The molecule has 1 aromatic heterocycles. The van der Waals surface area contributed by atoms with Crippen LogP contribution in [0.3, 0.4) is 0 Å². The quantitative estimate of drug-likeness (QED) is 0.645. The summed E-state index contributed by atoms with van der Waals surface area (Å²) >= 11 is 0.